The molecule has 0 aromatic heterocycles. The molecule has 1 N–H and O–H groups in total. The highest BCUT2D eigenvalue weighted by atomic mass is 32.2. The molecule has 2 aromatic rings. The van der Waals surface area contributed by atoms with Gasteiger partial charge in [-0.05, 0) is 17.7 Å². The lowest BCUT2D eigenvalue weighted by molar-refractivity contribution is -0.116. The third-order valence-electron chi connectivity index (χ3n) is 4.39. The molecule has 25 heavy (non-hydrogen) atoms. The fourth-order valence-electron chi connectivity index (χ4n) is 3.24. The zero-order chi connectivity index (χ0) is 17.4. The van der Waals surface area contributed by atoms with Crippen LogP contribution in [0.1, 0.15) is 11.1 Å². The SMILES string of the molecule is C=CCN1C(=S)SC2(C=C1c1ccccc1)C(=O)Nc1ccccc12. The van der Waals surface area contributed by atoms with E-state index >= 15 is 0 Å². The summed E-state index contributed by atoms with van der Waals surface area (Å²) in [6, 6.07) is 17.8. The smallest absolute Gasteiger partial charge is 0.249 e. The van der Waals surface area contributed by atoms with Gasteiger partial charge in [0, 0.05) is 23.5 Å². The molecule has 1 spiro atoms. The molecule has 0 saturated heterocycles. The third-order valence-corrected chi connectivity index (χ3v) is 6.10. The number of nitrogens with one attached hydrogen (secondary N) is 1. The first-order valence-electron chi connectivity index (χ1n) is 7.96. The summed E-state index contributed by atoms with van der Waals surface area (Å²) in [6.45, 7) is 4.44. The second kappa shape index (κ2) is 6.17. The molecule has 0 aliphatic carbocycles. The minimum absolute atomic E-state index is 0.0484. The van der Waals surface area contributed by atoms with E-state index in [9.17, 15) is 4.79 Å². The number of hydrogen-bond acceptors (Lipinski definition) is 3. The second-order valence-corrected chi connectivity index (χ2v) is 7.78. The molecule has 2 aliphatic rings. The van der Waals surface area contributed by atoms with E-state index in [0.717, 1.165) is 22.5 Å². The average Bonchev–Trinajstić information content (AvgIpc) is 2.90. The van der Waals surface area contributed by atoms with Gasteiger partial charge in [0.2, 0.25) is 5.91 Å². The van der Waals surface area contributed by atoms with Crippen LogP contribution >= 0.6 is 24.0 Å². The Hall–Kier alpha value is -2.37. The van der Waals surface area contributed by atoms with Gasteiger partial charge in [-0.1, -0.05) is 78.6 Å². The van der Waals surface area contributed by atoms with Crippen molar-refractivity contribution < 1.29 is 4.79 Å². The lowest BCUT2D eigenvalue weighted by Gasteiger charge is -2.37. The summed E-state index contributed by atoms with van der Waals surface area (Å²) in [4.78, 5) is 14.9. The van der Waals surface area contributed by atoms with Crippen molar-refractivity contribution >= 4 is 45.6 Å². The van der Waals surface area contributed by atoms with Crippen LogP contribution in [0.2, 0.25) is 0 Å². The van der Waals surface area contributed by atoms with Gasteiger partial charge < -0.3 is 10.2 Å². The summed E-state index contributed by atoms with van der Waals surface area (Å²) < 4.78 is -0.149. The Labute approximate surface area is 156 Å². The van der Waals surface area contributed by atoms with Crippen LogP contribution in [0.3, 0.4) is 0 Å². The summed E-state index contributed by atoms with van der Waals surface area (Å²) in [5, 5.41) is 2.99. The summed E-state index contributed by atoms with van der Waals surface area (Å²) in [7, 11) is 0. The van der Waals surface area contributed by atoms with Crippen molar-refractivity contribution in [2.24, 2.45) is 0 Å². The van der Waals surface area contributed by atoms with E-state index in [4.69, 9.17) is 12.2 Å². The Balaban J connectivity index is 1.94. The molecule has 1 unspecified atom stereocenters. The molecule has 5 heteroatoms. The third kappa shape index (κ3) is 2.51. The van der Waals surface area contributed by atoms with Gasteiger partial charge in [0.25, 0.3) is 0 Å². The maximum Gasteiger partial charge on any atom is 0.249 e. The lowest BCUT2D eigenvalue weighted by Crippen LogP contribution is -2.40. The van der Waals surface area contributed by atoms with Crippen molar-refractivity contribution in [3.05, 3.63) is 84.5 Å². The minimum Gasteiger partial charge on any atom is -0.324 e. The molecule has 0 fully saturated rings. The highest BCUT2D eigenvalue weighted by Gasteiger charge is 2.50. The molecule has 124 valence electrons. The predicted molar refractivity (Wildman–Crippen MR) is 108 cm³/mol. The molecule has 2 aromatic carbocycles. The number of thioether (sulfide) groups is 1. The first-order chi connectivity index (χ1) is 12.2. The van der Waals surface area contributed by atoms with Gasteiger partial charge in [-0.15, -0.1) is 6.58 Å². The van der Waals surface area contributed by atoms with Gasteiger partial charge in [0.05, 0.1) is 0 Å². The van der Waals surface area contributed by atoms with Crippen molar-refractivity contribution in [2.45, 2.75) is 4.75 Å². The number of carbonyl (C=O) groups excluding carboxylic acids is 1. The van der Waals surface area contributed by atoms with Crippen LogP contribution in [-0.4, -0.2) is 21.7 Å². The standard InChI is InChI=1S/C20H16N2OS2/c1-2-12-22-17(14-8-4-3-5-9-14)13-20(25-19(22)24)15-10-6-7-11-16(15)21-18(20)23/h2-11,13H,1,12H2,(H,21,23). The van der Waals surface area contributed by atoms with E-state index in [2.05, 4.69) is 11.9 Å². The lowest BCUT2D eigenvalue weighted by atomic mass is 9.96. The van der Waals surface area contributed by atoms with Crippen LogP contribution in [0, 0.1) is 0 Å². The second-order valence-electron chi connectivity index (χ2n) is 5.90. The van der Waals surface area contributed by atoms with Crippen molar-refractivity contribution in [3.8, 4) is 0 Å². The van der Waals surface area contributed by atoms with E-state index < -0.39 is 4.75 Å². The van der Waals surface area contributed by atoms with Gasteiger partial charge in [-0.2, -0.15) is 0 Å². The maximum absolute atomic E-state index is 12.9. The van der Waals surface area contributed by atoms with Crippen LogP contribution in [0.4, 0.5) is 5.69 Å². The highest BCUT2D eigenvalue weighted by molar-refractivity contribution is 8.24. The molecule has 1 amide bonds. The number of benzene rings is 2. The summed E-state index contributed by atoms with van der Waals surface area (Å²) in [6.07, 6.45) is 3.86. The quantitative estimate of drug-likeness (QED) is 0.646. The number of anilines is 1. The first-order valence-corrected chi connectivity index (χ1v) is 9.19. The summed E-state index contributed by atoms with van der Waals surface area (Å²) in [5.74, 6) is -0.0484. The largest absolute Gasteiger partial charge is 0.324 e. The number of thiocarbonyl (C=S) groups is 1. The Bertz CT molecular complexity index is 907. The normalized spacial score (nSPS) is 21.8. The molecule has 2 heterocycles. The summed E-state index contributed by atoms with van der Waals surface area (Å²) >= 11 is 7.10. The number of carbonyl (C=O) groups is 1. The fourth-order valence-corrected chi connectivity index (χ4v) is 4.97. The zero-order valence-corrected chi connectivity index (χ0v) is 15.1. The van der Waals surface area contributed by atoms with Gasteiger partial charge in [-0.3, -0.25) is 4.79 Å². The molecule has 0 bridgehead atoms. The Morgan fingerprint density at radius 1 is 1.16 bits per heavy atom. The first kappa shape index (κ1) is 16.1. The Morgan fingerprint density at radius 2 is 1.88 bits per heavy atom. The predicted octanol–water partition coefficient (Wildman–Crippen LogP) is 4.39. The highest BCUT2D eigenvalue weighted by Crippen LogP contribution is 2.52. The van der Waals surface area contributed by atoms with Crippen molar-refractivity contribution in [1.82, 2.24) is 4.90 Å². The van der Waals surface area contributed by atoms with Gasteiger partial charge in [0.1, 0.15) is 9.07 Å². The maximum atomic E-state index is 12.9. The van der Waals surface area contributed by atoms with Gasteiger partial charge >= 0.3 is 0 Å². The number of hydrogen-bond donors (Lipinski definition) is 1. The number of rotatable bonds is 3. The molecular formula is C20H16N2OS2. The van der Waals surface area contributed by atoms with Crippen LogP contribution in [0.5, 0.6) is 0 Å². The zero-order valence-electron chi connectivity index (χ0n) is 13.4. The number of amides is 1. The monoisotopic (exact) mass is 364 g/mol. The Morgan fingerprint density at radius 3 is 2.64 bits per heavy atom. The minimum atomic E-state index is -0.823. The van der Waals surface area contributed by atoms with E-state index in [0.29, 0.717) is 10.9 Å². The van der Waals surface area contributed by atoms with Crippen LogP contribution < -0.4 is 5.32 Å². The molecule has 2 aliphatic heterocycles. The molecule has 0 saturated carbocycles. The van der Waals surface area contributed by atoms with Crippen molar-refractivity contribution in [3.63, 3.8) is 0 Å². The van der Waals surface area contributed by atoms with Gasteiger partial charge in [-0.25, -0.2) is 0 Å². The van der Waals surface area contributed by atoms with Gasteiger partial charge in [0.15, 0.2) is 0 Å². The summed E-state index contributed by atoms with van der Waals surface area (Å²) in [5.41, 5.74) is 3.78. The molecule has 3 nitrogen and oxygen atoms in total. The van der Waals surface area contributed by atoms with Crippen LogP contribution in [-0.2, 0) is 9.54 Å². The molecular weight excluding hydrogens is 348 g/mol. The van der Waals surface area contributed by atoms with E-state index in [1.165, 1.54) is 11.8 Å². The number of fused-ring (bicyclic) bond motifs is 2. The number of nitrogens with zero attached hydrogens (tertiary/aromatic N) is 1. The van der Waals surface area contributed by atoms with E-state index in [1.807, 2.05) is 71.6 Å². The van der Waals surface area contributed by atoms with Crippen molar-refractivity contribution in [1.29, 1.82) is 0 Å². The van der Waals surface area contributed by atoms with E-state index in [1.54, 1.807) is 0 Å². The fraction of sp³-hybridized carbons (Fsp3) is 0.100. The number of para-hydroxylation sites is 1. The molecule has 1 atom stereocenters. The topological polar surface area (TPSA) is 32.3 Å². The van der Waals surface area contributed by atoms with Crippen molar-refractivity contribution in [2.75, 3.05) is 11.9 Å². The average molecular weight is 364 g/mol. The molecule has 0 radical (unpaired) electrons. The van der Waals surface area contributed by atoms with Crippen LogP contribution in [0.15, 0.2) is 73.3 Å². The van der Waals surface area contributed by atoms with E-state index in [-0.39, 0.29) is 5.91 Å². The van der Waals surface area contributed by atoms with Crippen LogP contribution in [0.25, 0.3) is 5.70 Å². The molecule has 4 rings (SSSR count). The Kier molecular flexibility index (Phi) is 3.98.